The fourth-order valence-electron chi connectivity index (χ4n) is 1.26. The second-order valence-corrected chi connectivity index (χ2v) is 3.77. The van der Waals surface area contributed by atoms with E-state index in [-0.39, 0.29) is 19.2 Å². The smallest absolute Gasteiger partial charge is 0.331 e. The molecule has 0 saturated heterocycles. The number of hydrogen-bond donors (Lipinski definition) is 2. The third-order valence-electron chi connectivity index (χ3n) is 2.26. The molecule has 0 radical (unpaired) electrons. The number of aromatic nitrogens is 2. The van der Waals surface area contributed by atoms with E-state index in [0.29, 0.717) is 0 Å². The highest BCUT2D eigenvalue weighted by Crippen LogP contribution is 1.83. The standard InChI is InChI=1S/C10H15N3O4/c1-7(6-14)11-8(15)5-13-4-3-9(16)12(2)10(13)17/h3-4,7,14H,5-6H2,1-2H3,(H,11,15). The van der Waals surface area contributed by atoms with Crippen molar-refractivity contribution in [2.75, 3.05) is 6.61 Å². The summed E-state index contributed by atoms with van der Waals surface area (Å²) in [5.41, 5.74) is -0.973. The zero-order valence-corrected chi connectivity index (χ0v) is 9.71. The Balaban J connectivity index is 2.83. The Kier molecular flexibility index (Phi) is 4.22. The molecule has 7 heteroatoms. The van der Waals surface area contributed by atoms with Crippen LogP contribution >= 0.6 is 0 Å². The van der Waals surface area contributed by atoms with Gasteiger partial charge in [-0.25, -0.2) is 4.79 Å². The van der Waals surface area contributed by atoms with Gasteiger partial charge in [0, 0.05) is 25.4 Å². The number of aliphatic hydroxyl groups excluding tert-OH is 1. The van der Waals surface area contributed by atoms with Crippen LogP contribution in [0.2, 0.25) is 0 Å². The van der Waals surface area contributed by atoms with Crippen molar-refractivity contribution in [3.05, 3.63) is 33.1 Å². The molecule has 0 aliphatic rings. The Morgan fingerprint density at radius 1 is 1.53 bits per heavy atom. The van der Waals surface area contributed by atoms with Crippen molar-refractivity contribution in [2.24, 2.45) is 7.05 Å². The van der Waals surface area contributed by atoms with Crippen molar-refractivity contribution in [1.29, 1.82) is 0 Å². The number of nitrogens with zero attached hydrogens (tertiary/aromatic N) is 2. The van der Waals surface area contributed by atoms with E-state index in [1.54, 1.807) is 6.92 Å². The fraction of sp³-hybridized carbons (Fsp3) is 0.500. The lowest BCUT2D eigenvalue weighted by atomic mass is 10.3. The Hall–Kier alpha value is -1.89. The molecule has 0 bridgehead atoms. The van der Waals surface area contributed by atoms with Crippen LogP contribution in [-0.4, -0.2) is 32.8 Å². The SMILES string of the molecule is CC(CO)NC(=O)Cn1ccc(=O)n(C)c1=O. The molecule has 1 unspecified atom stereocenters. The van der Waals surface area contributed by atoms with Crippen LogP contribution in [0.15, 0.2) is 21.9 Å². The first-order chi connectivity index (χ1) is 7.95. The minimum absolute atomic E-state index is 0.173. The van der Waals surface area contributed by atoms with E-state index in [0.717, 1.165) is 9.13 Å². The van der Waals surface area contributed by atoms with Gasteiger partial charge in [-0.1, -0.05) is 0 Å². The number of carbonyl (C=O) groups is 1. The first kappa shape index (κ1) is 13.2. The van der Waals surface area contributed by atoms with Crippen LogP contribution in [0.3, 0.4) is 0 Å². The Labute approximate surface area is 97.3 Å². The van der Waals surface area contributed by atoms with Gasteiger partial charge >= 0.3 is 5.69 Å². The van der Waals surface area contributed by atoms with Gasteiger partial charge in [0.15, 0.2) is 0 Å². The van der Waals surface area contributed by atoms with Gasteiger partial charge in [0.25, 0.3) is 5.56 Å². The summed E-state index contributed by atoms with van der Waals surface area (Å²) < 4.78 is 2.05. The summed E-state index contributed by atoms with van der Waals surface area (Å²) >= 11 is 0. The maximum atomic E-state index is 11.6. The molecule has 17 heavy (non-hydrogen) atoms. The minimum atomic E-state index is -0.552. The zero-order chi connectivity index (χ0) is 13.0. The molecule has 1 amide bonds. The predicted molar refractivity (Wildman–Crippen MR) is 60.6 cm³/mol. The molecule has 1 aromatic heterocycles. The van der Waals surface area contributed by atoms with Crippen molar-refractivity contribution in [2.45, 2.75) is 19.5 Å². The summed E-state index contributed by atoms with van der Waals surface area (Å²) in [6, 6.07) is 0.843. The zero-order valence-electron chi connectivity index (χ0n) is 9.71. The van der Waals surface area contributed by atoms with Crippen molar-refractivity contribution >= 4 is 5.91 Å². The first-order valence-electron chi connectivity index (χ1n) is 5.12. The first-order valence-corrected chi connectivity index (χ1v) is 5.12. The van der Waals surface area contributed by atoms with Gasteiger partial charge in [0.05, 0.1) is 6.61 Å². The van der Waals surface area contributed by atoms with Crippen LogP contribution in [0.25, 0.3) is 0 Å². The van der Waals surface area contributed by atoms with Crippen LogP contribution < -0.4 is 16.6 Å². The molecule has 1 aromatic rings. The molecule has 1 heterocycles. The molecular weight excluding hydrogens is 226 g/mol. The number of aliphatic hydroxyl groups is 1. The summed E-state index contributed by atoms with van der Waals surface area (Å²) in [6.45, 7) is 1.28. The second-order valence-electron chi connectivity index (χ2n) is 3.77. The van der Waals surface area contributed by atoms with E-state index < -0.39 is 17.2 Å². The van der Waals surface area contributed by atoms with Gasteiger partial charge in [-0.05, 0) is 6.92 Å². The highest BCUT2D eigenvalue weighted by atomic mass is 16.3. The van der Waals surface area contributed by atoms with Crippen LogP contribution in [0, 0.1) is 0 Å². The lowest BCUT2D eigenvalue weighted by molar-refractivity contribution is -0.122. The molecule has 0 aromatic carbocycles. The van der Waals surface area contributed by atoms with Gasteiger partial charge < -0.3 is 10.4 Å². The van der Waals surface area contributed by atoms with Gasteiger partial charge in [0.2, 0.25) is 5.91 Å². The number of hydrogen-bond acceptors (Lipinski definition) is 4. The van der Waals surface area contributed by atoms with Crippen molar-refractivity contribution < 1.29 is 9.90 Å². The molecule has 0 aliphatic carbocycles. The number of nitrogens with one attached hydrogen (secondary N) is 1. The van der Waals surface area contributed by atoms with Gasteiger partial charge in [0.1, 0.15) is 6.54 Å². The summed E-state index contributed by atoms with van der Waals surface area (Å²) in [6.07, 6.45) is 1.27. The molecule has 1 atom stereocenters. The van der Waals surface area contributed by atoms with E-state index in [9.17, 15) is 14.4 Å². The van der Waals surface area contributed by atoms with Crippen LogP contribution in [0.4, 0.5) is 0 Å². The minimum Gasteiger partial charge on any atom is -0.394 e. The lowest BCUT2D eigenvalue weighted by Crippen LogP contribution is -2.42. The topological polar surface area (TPSA) is 93.3 Å². The summed E-state index contributed by atoms with van der Waals surface area (Å²) in [4.78, 5) is 34.2. The normalized spacial score (nSPS) is 12.2. The number of rotatable bonds is 4. The van der Waals surface area contributed by atoms with Crippen molar-refractivity contribution in [3.63, 3.8) is 0 Å². The third-order valence-corrected chi connectivity index (χ3v) is 2.26. The van der Waals surface area contributed by atoms with Crippen LogP contribution in [-0.2, 0) is 18.4 Å². The quantitative estimate of drug-likeness (QED) is 0.640. The largest absolute Gasteiger partial charge is 0.394 e. The molecule has 0 fully saturated rings. The fourth-order valence-corrected chi connectivity index (χ4v) is 1.26. The summed E-state index contributed by atoms with van der Waals surface area (Å²) in [5.74, 6) is -0.396. The van der Waals surface area contributed by atoms with Gasteiger partial charge in [-0.3, -0.25) is 18.7 Å². The third kappa shape index (κ3) is 3.28. The monoisotopic (exact) mass is 241 g/mol. The Bertz CT molecular complexity index is 517. The molecule has 0 saturated carbocycles. The van der Waals surface area contributed by atoms with Crippen LogP contribution in [0.1, 0.15) is 6.92 Å². The van der Waals surface area contributed by atoms with Crippen molar-refractivity contribution in [1.82, 2.24) is 14.5 Å². The van der Waals surface area contributed by atoms with E-state index in [2.05, 4.69) is 5.32 Å². The highest BCUT2D eigenvalue weighted by molar-refractivity contribution is 5.75. The number of carbonyl (C=O) groups excluding carboxylic acids is 1. The van der Waals surface area contributed by atoms with Gasteiger partial charge in [-0.15, -0.1) is 0 Å². The van der Waals surface area contributed by atoms with E-state index >= 15 is 0 Å². The van der Waals surface area contributed by atoms with Crippen molar-refractivity contribution in [3.8, 4) is 0 Å². The average molecular weight is 241 g/mol. The maximum absolute atomic E-state index is 11.6. The van der Waals surface area contributed by atoms with E-state index in [1.165, 1.54) is 19.3 Å². The molecule has 0 spiro atoms. The predicted octanol–water partition coefficient (Wildman–Crippen LogP) is -1.96. The van der Waals surface area contributed by atoms with Crippen LogP contribution in [0.5, 0.6) is 0 Å². The molecule has 0 aliphatic heterocycles. The Morgan fingerprint density at radius 3 is 2.76 bits per heavy atom. The molecule has 94 valence electrons. The summed E-state index contributed by atoms with van der Waals surface area (Å²) in [5, 5.41) is 11.3. The lowest BCUT2D eigenvalue weighted by Gasteiger charge is -2.11. The average Bonchev–Trinajstić information content (AvgIpc) is 2.29. The molecule has 7 nitrogen and oxygen atoms in total. The van der Waals surface area contributed by atoms with E-state index in [4.69, 9.17) is 5.11 Å². The van der Waals surface area contributed by atoms with Gasteiger partial charge in [-0.2, -0.15) is 0 Å². The molecule has 1 rings (SSSR count). The highest BCUT2D eigenvalue weighted by Gasteiger charge is 2.09. The molecule has 2 N–H and O–H groups in total. The van der Waals surface area contributed by atoms with E-state index in [1.807, 2.05) is 0 Å². The second kappa shape index (κ2) is 5.44. The molecular formula is C10H15N3O4. The number of amides is 1. The summed E-state index contributed by atoms with van der Waals surface area (Å²) in [7, 11) is 1.34. The Morgan fingerprint density at radius 2 is 2.18 bits per heavy atom. The maximum Gasteiger partial charge on any atom is 0.331 e.